The molecule has 21 heavy (non-hydrogen) atoms. The summed E-state index contributed by atoms with van der Waals surface area (Å²) in [5, 5.41) is 3.15. The van der Waals surface area contributed by atoms with E-state index in [9.17, 15) is 9.59 Å². The first-order valence-electron chi connectivity index (χ1n) is 7.59. The quantitative estimate of drug-likeness (QED) is 0.805. The SMILES string of the molecule is CC1CCCC2(CC(=O)NC(=O)C2c2cccc(Cl)c2)C1. The molecule has 1 saturated carbocycles. The van der Waals surface area contributed by atoms with Crippen molar-refractivity contribution in [2.75, 3.05) is 0 Å². The molecule has 112 valence electrons. The van der Waals surface area contributed by atoms with E-state index in [0.717, 1.165) is 24.8 Å². The zero-order valence-corrected chi connectivity index (χ0v) is 13.0. The molecule has 2 aliphatic rings. The molecular weight excluding hydrogens is 286 g/mol. The van der Waals surface area contributed by atoms with E-state index in [1.165, 1.54) is 6.42 Å². The molecule has 0 radical (unpaired) electrons. The molecule has 3 atom stereocenters. The molecular formula is C17H20ClNO2. The van der Waals surface area contributed by atoms with E-state index in [1.807, 2.05) is 24.3 Å². The minimum atomic E-state index is -0.267. The first kappa shape index (κ1) is 14.6. The van der Waals surface area contributed by atoms with Crippen molar-refractivity contribution >= 4 is 23.4 Å². The number of hydrogen-bond acceptors (Lipinski definition) is 2. The number of benzene rings is 1. The smallest absolute Gasteiger partial charge is 0.234 e. The van der Waals surface area contributed by atoms with E-state index < -0.39 is 0 Å². The van der Waals surface area contributed by atoms with E-state index in [2.05, 4.69) is 12.2 Å². The molecule has 2 amide bonds. The minimum Gasteiger partial charge on any atom is -0.296 e. The van der Waals surface area contributed by atoms with Crippen molar-refractivity contribution in [2.45, 2.75) is 44.9 Å². The van der Waals surface area contributed by atoms with Gasteiger partial charge in [0.2, 0.25) is 11.8 Å². The summed E-state index contributed by atoms with van der Waals surface area (Å²) in [5.41, 5.74) is 0.698. The van der Waals surface area contributed by atoms with Gasteiger partial charge in [-0.1, -0.05) is 43.5 Å². The van der Waals surface area contributed by atoms with Crippen molar-refractivity contribution in [3.05, 3.63) is 34.9 Å². The molecule has 1 heterocycles. The van der Waals surface area contributed by atoms with Gasteiger partial charge >= 0.3 is 0 Å². The Morgan fingerprint density at radius 1 is 1.33 bits per heavy atom. The molecule has 3 unspecified atom stereocenters. The lowest BCUT2D eigenvalue weighted by Crippen LogP contribution is -2.52. The van der Waals surface area contributed by atoms with E-state index in [4.69, 9.17) is 11.6 Å². The van der Waals surface area contributed by atoms with Crippen LogP contribution >= 0.6 is 11.6 Å². The Morgan fingerprint density at radius 2 is 2.14 bits per heavy atom. The van der Waals surface area contributed by atoms with Gasteiger partial charge in [0.05, 0.1) is 5.92 Å². The van der Waals surface area contributed by atoms with Crippen LogP contribution in [0, 0.1) is 11.3 Å². The summed E-state index contributed by atoms with van der Waals surface area (Å²) < 4.78 is 0. The summed E-state index contributed by atoms with van der Waals surface area (Å²) in [4.78, 5) is 24.5. The van der Waals surface area contributed by atoms with Crippen LogP contribution in [-0.2, 0) is 9.59 Å². The Labute approximate surface area is 130 Å². The Kier molecular flexibility index (Phi) is 3.78. The summed E-state index contributed by atoms with van der Waals surface area (Å²) >= 11 is 6.10. The molecule has 3 nitrogen and oxygen atoms in total. The molecule has 1 N–H and O–H groups in total. The standard InChI is InChI=1S/C17H20ClNO2/c1-11-4-3-7-17(9-11)10-14(20)19-16(21)15(17)12-5-2-6-13(18)8-12/h2,5-6,8,11,15H,3-4,7,9-10H2,1H3,(H,19,20,21). The second-order valence-electron chi connectivity index (χ2n) is 6.64. The monoisotopic (exact) mass is 305 g/mol. The Balaban J connectivity index is 2.04. The molecule has 1 aliphatic carbocycles. The fourth-order valence-electron chi connectivity index (χ4n) is 4.27. The van der Waals surface area contributed by atoms with E-state index in [0.29, 0.717) is 17.4 Å². The number of halogens is 1. The molecule has 3 rings (SSSR count). The third-order valence-electron chi connectivity index (χ3n) is 4.96. The summed E-state index contributed by atoms with van der Waals surface area (Å²) in [6, 6.07) is 7.50. The van der Waals surface area contributed by atoms with Crippen molar-refractivity contribution in [1.29, 1.82) is 0 Å². The number of carbonyl (C=O) groups is 2. The molecule has 0 bridgehead atoms. The first-order valence-corrected chi connectivity index (χ1v) is 7.97. The van der Waals surface area contributed by atoms with Crippen molar-refractivity contribution in [2.24, 2.45) is 11.3 Å². The number of rotatable bonds is 1. The predicted molar refractivity (Wildman–Crippen MR) is 82.0 cm³/mol. The largest absolute Gasteiger partial charge is 0.296 e. The van der Waals surface area contributed by atoms with E-state index >= 15 is 0 Å². The van der Waals surface area contributed by atoms with Crippen LogP contribution in [-0.4, -0.2) is 11.8 Å². The fourth-order valence-corrected chi connectivity index (χ4v) is 4.47. The van der Waals surface area contributed by atoms with Gasteiger partial charge in [0.25, 0.3) is 0 Å². The number of amides is 2. The van der Waals surface area contributed by atoms with Crippen molar-refractivity contribution in [3.63, 3.8) is 0 Å². The first-order chi connectivity index (χ1) is 10.00. The van der Waals surface area contributed by atoms with Crippen LogP contribution in [0.3, 0.4) is 0 Å². The van der Waals surface area contributed by atoms with E-state index in [1.54, 1.807) is 0 Å². The lowest BCUT2D eigenvalue weighted by molar-refractivity contribution is -0.142. The van der Waals surface area contributed by atoms with Gasteiger partial charge in [-0.2, -0.15) is 0 Å². The lowest BCUT2D eigenvalue weighted by Gasteiger charge is -2.47. The van der Waals surface area contributed by atoms with Crippen LogP contribution in [0.15, 0.2) is 24.3 Å². The van der Waals surface area contributed by atoms with Gasteiger partial charge in [-0.25, -0.2) is 0 Å². The zero-order chi connectivity index (χ0) is 15.0. The highest BCUT2D eigenvalue weighted by Crippen LogP contribution is 2.53. The van der Waals surface area contributed by atoms with Crippen LogP contribution in [0.25, 0.3) is 0 Å². The third-order valence-corrected chi connectivity index (χ3v) is 5.19. The van der Waals surface area contributed by atoms with Gasteiger partial charge in [0.1, 0.15) is 0 Å². The molecule has 1 aromatic rings. The Hall–Kier alpha value is -1.35. The highest BCUT2D eigenvalue weighted by atomic mass is 35.5. The molecule has 1 aliphatic heterocycles. The Morgan fingerprint density at radius 3 is 2.86 bits per heavy atom. The number of carbonyl (C=O) groups excluding carboxylic acids is 2. The summed E-state index contributed by atoms with van der Waals surface area (Å²) in [6.07, 6.45) is 4.58. The van der Waals surface area contributed by atoms with Gasteiger partial charge in [-0.15, -0.1) is 0 Å². The lowest BCUT2D eigenvalue weighted by atomic mass is 9.58. The topological polar surface area (TPSA) is 46.2 Å². The Bertz CT molecular complexity index is 586. The normalized spacial score (nSPS) is 33.0. The van der Waals surface area contributed by atoms with Gasteiger partial charge < -0.3 is 0 Å². The summed E-state index contributed by atoms with van der Waals surface area (Å²) in [7, 11) is 0. The summed E-state index contributed by atoms with van der Waals surface area (Å²) in [6.45, 7) is 2.22. The fraction of sp³-hybridized carbons (Fsp3) is 0.529. The maximum Gasteiger partial charge on any atom is 0.234 e. The maximum absolute atomic E-state index is 12.5. The highest BCUT2D eigenvalue weighted by molar-refractivity contribution is 6.30. The van der Waals surface area contributed by atoms with Crippen LogP contribution in [0.5, 0.6) is 0 Å². The van der Waals surface area contributed by atoms with Crippen LogP contribution in [0.4, 0.5) is 0 Å². The molecule has 1 spiro atoms. The molecule has 1 aromatic carbocycles. The van der Waals surface area contributed by atoms with Crippen LogP contribution in [0.2, 0.25) is 5.02 Å². The molecule has 1 saturated heterocycles. The van der Waals surface area contributed by atoms with Crippen LogP contribution in [0.1, 0.15) is 50.5 Å². The average molecular weight is 306 g/mol. The number of piperidine rings is 1. The second-order valence-corrected chi connectivity index (χ2v) is 7.08. The van der Waals surface area contributed by atoms with E-state index in [-0.39, 0.29) is 23.1 Å². The third kappa shape index (κ3) is 2.71. The molecule has 0 aromatic heterocycles. The number of nitrogens with one attached hydrogen (secondary N) is 1. The van der Waals surface area contributed by atoms with Crippen molar-refractivity contribution in [3.8, 4) is 0 Å². The number of hydrogen-bond donors (Lipinski definition) is 1. The summed E-state index contributed by atoms with van der Waals surface area (Å²) in [5.74, 6) is -0.00854. The molecule has 2 fully saturated rings. The van der Waals surface area contributed by atoms with Crippen molar-refractivity contribution in [1.82, 2.24) is 5.32 Å². The van der Waals surface area contributed by atoms with Crippen molar-refractivity contribution < 1.29 is 9.59 Å². The second kappa shape index (κ2) is 5.45. The highest BCUT2D eigenvalue weighted by Gasteiger charge is 2.50. The van der Waals surface area contributed by atoms with Gasteiger partial charge in [0.15, 0.2) is 0 Å². The predicted octanol–water partition coefficient (Wildman–Crippen LogP) is 3.67. The van der Waals surface area contributed by atoms with Gasteiger partial charge in [-0.3, -0.25) is 14.9 Å². The number of imide groups is 1. The van der Waals surface area contributed by atoms with Gasteiger partial charge in [-0.05, 0) is 41.9 Å². The maximum atomic E-state index is 12.5. The average Bonchev–Trinajstić information content (AvgIpc) is 2.37. The van der Waals surface area contributed by atoms with Crippen LogP contribution < -0.4 is 5.32 Å². The minimum absolute atomic E-state index is 0.132. The molecule has 4 heteroatoms. The zero-order valence-electron chi connectivity index (χ0n) is 12.2. The van der Waals surface area contributed by atoms with Gasteiger partial charge in [0, 0.05) is 11.4 Å².